The third-order valence-corrected chi connectivity index (χ3v) is 7.97. The second kappa shape index (κ2) is 12.2. The summed E-state index contributed by atoms with van der Waals surface area (Å²) in [6.45, 7) is 8.31. The minimum Gasteiger partial charge on any atom is -0.350 e. The molecule has 0 saturated heterocycles. The van der Waals surface area contributed by atoms with E-state index >= 15 is 0 Å². The Hall–Kier alpha value is -3.43. The molecule has 208 valence electrons. The van der Waals surface area contributed by atoms with Crippen LogP contribution in [0, 0.1) is 12.7 Å². The summed E-state index contributed by atoms with van der Waals surface area (Å²) in [5.41, 5.74) is 1.24. The summed E-state index contributed by atoms with van der Waals surface area (Å²) in [5, 5.41) is 3.24. The van der Waals surface area contributed by atoms with E-state index in [1.54, 1.807) is 31.2 Å². The van der Waals surface area contributed by atoms with Gasteiger partial charge in [-0.2, -0.15) is 0 Å². The van der Waals surface area contributed by atoms with Crippen molar-refractivity contribution < 1.29 is 22.4 Å². The molecule has 2 amide bonds. The average molecular weight is 574 g/mol. The maximum Gasteiger partial charge on any atom is 0.264 e. The molecule has 0 fully saturated rings. The molecule has 0 saturated carbocycles. The highest BCUT2D eigenvalue weighted by molar-refractivity contribution is 7.92. The zero-order valence-electron chi connectivity index (χ0n) is 22.6. The molecule has 0 aliphatic carbocycles. The SMILES string of the molecule is Cc1ccc(N(CC(=O)N(Cc2ccc(F)cc2)[C@H](C)C(=O)NC(C)(C)C)S(=O)(=O)c2ccc(Cl)cc2)cc1. The van der Waals surface area contributed by atoms with Crippen molar-refractivity contribution in [2.24, 2.45) is 0 Å². The van der Waals surface area contributed by atoms with Crippen molar-refractivity contribution in [3.05, 3.63) is 94.8 Å². The third-order valence-electron chi connectivity index (χ3n) is 5.93. The monoisotopic (exact) mass is 573 g/mol. The number of benzene rings is 3. The van der Waals surface area contributed by atoms with Crippen LogP contribution in [0.1, 0.15) is 38.8 Å². The van der Waals surface area contributed by atoms with Gasteiger partial charge >= 0.3 is 0 Å². The van der Waals surface area contributed by atoms with Crippen LogP contribution >= 0.6 is 11.6 Å². The molecule has 0 unspecified atom stereocenters. The minimum absolute atomic E-state index is 0.0272. The van der Waals surface area contributed by atoms with Crippen LogP contribution in [0.5, 0.6) is 0 Å². The molecule has 1 atom stereocenters. The molecule has 0 aromatic heterocycles. The van der Waals surface area contributed by atoms with Gasteiger partial charge in [0.05, 0.1) is 10.6 Å². The normalized spacial score (nSPS) is 12.5. The summed E-state index contributed by atoms with van der Waals surface area (Å²) < 4.78 is 42.1. The summed E-state index contributed by atoms with van der Waals surface area (Å²) in [6, 6.07) is 17.0. The Bertz CT molecular complexity index is 1400. The van der Waals surface area contributed by atoms with E-state index in [0.717, 1.165) is 9.87 Å². The number of amides is 2. The van der Waals surface area contributed by atoms with Gasteiger partial charge in [-0.15, -0.1) is 0 Å². The molecule has 0 radical (unpaired) electrons. The van der Waals surface area contributed by atoms with E-state index in [-0.39, 0.29) is 17.1 Å². The molecule has 0 bridgehead atoms. The molecule has 3 rings (SSSR count). The Kier molecular flexibility index (Phi) is 9.40. The Balaban J connectivity index is 2.02. The molecular formula is C29H33ClFN3O4S. The Morgan fingerprint density at radius 3 is 2.05 bits per heavy atom. The smallest absolute Gasteiger partial charge is 0.264 e. The van der Waals surface area contributed by atoms with E-state index in [1.807, 2.05) is 27.7 Å². The predicted octanol–water partition coefficient (Wildman–Crippen LogP) is 5.31. The quantitative estimate of drug-likeness (QED) is 0.376. The van der Waals surface area contributed by atoms with Crippen molar-refractivity contribution in [2.75, 3.05) is 10.8 Å². The number of hydrogen-bond donors (Lipinski definition) is 1. The van der Waals surface area contributed by atoms with Gasteiger partial charge in [0.25, 0.3) is 10.0 Å². The lowest BCUT2D eigenvalue weighted by atomic mass is 10.1. The van der Waals surface area contributed by atoms with Crippen LogP contribution in [0.15, 0.2) is 77.7 Å². The molecule has 39 heavy (non-hydrogen) atoms. The van der Waals surface area contributed by atoms with E-state index in [9.17, 15) is 22.4 Å². The van der Waals surface area contributed by atoms with Crippen LogP contribution in [-0.2, 0) is 26.2 Å². The second-order valence-electron chi connectivity index (χ2n) is 10.4. The summed E-state index contributed by atoms with van der Waals surface area (Å²) >= 11 is 5.97. The van der Waals surface area contributed by atoms with Crippen molar-refractivity contribution in [3.63, 3.8) is 0 Å². The van der Waals surface area contributed by atoms with Gasteiger partial charge in [0, 0.05) is 17.1 Å². The van der Waals surface area contributed by atoms with Crippen molar-refractivity contribution in [2.45, 2.75) is 57.6 Å². The first kappa shape index (κ1) is 30.1. The molecule has 3 aromatic carbocycles. The van der Waals surface area contributed by atoms with Crippen LogP contribution in [0.3, 0.4) is 0 Å². The van der Waals surface area contributed by atoms with Crippen LogP contribution in [0.2, 0.25) is 5.02 Å². The van der Waals surface area contributed by atoms with E-state index in [1.165, 1.54) is 53.4 Å². The molecule has 1 N–H and O–H groups in total. The fourth-order valence-electron chi connectivity index (χ4n) is 3.82. The number of rotatable bonds is 9. The zero-order valence-corrected chi connectivity index (χ0v) is 24.2. The number of sulfonamides is 1. The number of carbonyl (C=O) groups excluding carboxylic acids is 2. The standard InChI is InChI=1S/C29H33ClFN3O4S/c1-20-6-14-25(15-7-20)34(39(37,38)26-16-10-23(30)11-17-26)19-27(35)33(18-22-8-12-24(31)13-9-22)21(2)28(36)32-29(3,4)5/h6-17,21H,18-19H2,1-5H3,(H,32,36)/t21-/m1/s1. The Morgan fingerprint density at radius 2 is 1.51 bits per heavy atom. The molecule has 7 nitrogen and oxygen atoms in total. The molecular weight excluding hydrogens is 541 g/mol. The molecule has 0 spiro atoms. The Labute approximate surface area is 234 Å². The number of aryl methyl sites for hydroxylation is 1. The topological polar surface area (TPSA) is 86.8 Å². The van der Waals surface area contributed by atoms with Crippen molar-refractivity contribution in [1.82, 2.24) is 10.2 Å². The number of halogens is 2. The van der Waals surface area contributed by atoms with E-state index in [4.69, 9.17) is 11.6 Å². The van der Waals surface area contributed by atoms with Crippen LogP contribution < -0.4 is 9.62 Å². The molecule has 0 heterocycles. The van der Waals surface area contributed by atoms with Gasteiger partial charge in [-0.1, -0.05) is 41.4 Å². The fraction of sp³-hybridized carbons (Fsp3) is 0.310. The number of nitrogens with one attached hydrogen (secondary N) is 1. The number of carbonyl (C=O) groups is 2. The molecule has 0 aliphatic rings. The lowest BCUT2D eigenvalue weighted by Gasteiger charge is -2.33. The van der Waals surface area contributed by atoms with E-state index < -0.39 is 45.8 Å². The Morgan fingerprint density at radius 1 is 0.949 bits per heavy atom. The highest BCUT2D eigenvalue weighted by Gasteiger charge is 2.33. The molecule has 10 heteroatoms. The maximum atomic E-state index is 13.9. The number of anilines is 1. The number of hydrogen-bond acceptors (Lipinski definition) is 4. The van der Waals surface area contributed by atoms with Crippen LogP contribution in [0.4, 0.5) is 10.1 Å². The highest BCUT2D eigenvalue weighted by atomic mass is 35.5. The highest BCUT2D eigenvalue weighted by Crippen LogP contribution is 2.26. The van der Waals surface area contributed by atoms with E-state index in [0.29, 0.717) is 10.6 Å². The molecule has 0 aliphatic heterocycles. The summed E-state index contributed by atoms with van der Waals surface area (Å²) in [7, 11) is -4.19. The second-order valence-corrected chi connectivity index (χ2v) is 12.7. The van der Waals surface area contributed by atoms with E-state index in [2.05, 4.69) is 5.32 Å². The van der Waals surface area contributed by atoms with Crippen molar-refractivity contribution in [3.8, 4) is 0 Å². The molecule has 3 aromatic rings. The third kappa shape index (κ3) is 8.03. The van der Waals surface area contributed by atoms with Crippen molar-refractivity contribution >= 4 is 39.1 Å². The van der Waals surface area contributed by atoms with Gasteiger partial charge in [-0.05, 0) is 88.7 Å². The van der Waals surface area contributed by atoms with Gasteiger partial charge in [-0.25, -0.2) is 12.8 Å². The van der Waals surface area contributed by atoms with Gasteiger partial charge in [0.1, 0.15) is 18.4 Å². The van der Waals surface area contributed by atoms with Gasteiger partial charge < -0.3 is 10.2 Å². The maximum absolute atomic E-state index is 13.9. The average Bonchev–Trinajstić information content (AvgIpc) is 2.86. The summed E-state index contributed by atoms with van der Waals surface area (Å²) in [5.74, 6) is -1.44. The van der Waals surface area contributed by atoms with Crippen LogP contribution in [-0.4, -0.2) is 43.3 Å². The summed E-state index contributed by atoms with van der Waals surface area (Å²) in [6.07, 6.45) is 0. The van der Waals surface area contributed by atoms with Gasteiger partial charge in [-0.3, -0.25) is 13.9 Å². The lowest BCUT2D eigenvalue weighted by molar-refractivity contribution is -0.140. The summed E-state index contributed by atoms with van der Waals surface area (Å²) in [4.78, 5) is 28.2. The largest absolute Gasteiger partial charge is 0.350 e. The number of nitrogens with zero attached hydrogens (tertiary/aromatic N) is 2. The first-order chi connectivity index (χ1) is 18.2. The zero-order chi connectivity index (χ0) is 29.0. The minimum atomic E-state index is -4.19. The first-order valence-corrected chi connectivity index (χ1v) is 14.2. The first-order valence-electron chi connectivity index (χ1n) is 12.4. The van der Waals surface area contributed by atoms with Gasteiger partial charge in [0.15, 0.2) is 0 Å². The van der Waals surface area contributed by atoms with Crippen LogP contribution in [0.25, 0.3) is 0 Å². The predicted molar refractivity (Wildman–Crippen MR) is 151 cm³/mol. The fourth-order valence-corrected chi connectivity index (χ4v) is 5.36. The van der Waals surface area contributed by atoms with Gasteiger partial charge in [0.2, 0.25) is 11.8 Å². The van der Waals surface area contributed by atoms with Crippen molar-refractivity contribution in [1.29, 1.82) is 0 Å². The lowest BCUT2D eigenvalue weighted by Crippen LogP contribution is -2.54.